The molecule has 1 aromatic rings. The molecule has 1 heterocycles. The van der Waals surface area contributed by atoms with Crippen LogP contribution in [0.5, 0.6) is 5.75 Å². The Hall–Kier alpha value is -0.670. The maximum atomic E-state index is 5.45. The van der Waals surface area contributed by atoms with Gasteiger partial charge in [-0.1, -0.05) is 17.7 Å². The summed E-state index contributed by atoms with van der Waals surface area (Å²) < 4.78 is 5.45. The van der Waals surface area contributed by atoms with Crippen molar-refractivity contribution in [2.75, 3.05) is 19.4 Å². The standard InChI is InChI=1S/C15H23NOS/c1-11-6-7-15(17-3)14(9-11)12(2)16-10-13-5-4-8-18-13/h6-7,9,12-13,16H,4-5,8,10H2,1-3H3. The first kappa shape index (κ1) is 13.8. The molecule has 0 spiro atoms. The molecule has 1 aromatic carbocycles. The summed E-state index contributed by atoms with van der Waals surface area (Å²) in [5, 5.41) is 4.44. The Morgan fingerprint density at radius 2 is 2.33 bits per heavy atom. The van der Waals surface area contributed by atoms with Crippen molar-refractivity contribution in [1.29, 1.82) is 0 Å². The van der Waals surface area contributed by atoms with E-state index in [4.69, 9.17) is 4.74 Å². The molecule has 1 saturated heterocycles. The molecular weight excluding hydrogens is 242 g/mol. The molecule has 0 amide bonds. The van der Waals surface area contributed by atoms with E-state index in [-0.39, 0.29) is 0 Å². The Kier molecular flexibility index (Phi) is 4.95. The van der Waals surface area contributed by atoms with Gasteiger partial charge in [-0.15, -0.1) is 0 Å². The molecule has 1 aliphatic heterocycles. The Morgan fingerprint density at radius 1 is 1.50 bits per heavy atom. The lowest BCUT2D eigenvalue weighted by atomic mass is 10.0. The minimum atomic E-state index is 0.348. The van der Waals surface area contributed by atoms with Gasteiger partial charge in [0.15, 0.2) is 0 Å². The zero-order valence-corrected chi connectivity index (χ0v) is 12.3. The molecule has 0 radical (unpaired) electrons. The first-order chi connectivity index (χ1) is 8.70. The van der Waals surface area contributed by atoms with Crippen molar-refractivity contribution in [1.82, 2.24) is 5.32 Å². The average Bonchev–Trinajstić information content (AvgIpc) is 2.89. The molecule has 1 N–H and O–H groups in total. The summed E-state index contributed by atoms with van der Waals surface area (Å²) in [6.45, 7) is 5.45. The van der Waals surface area contributed by atoms with Crippen LogP contribution >= 0.6 is 11.8 Å². The van der Waals surface area contributed by atoms with Crippen molar-refractivity contribution in [3.05, 3.63) is 29.3 Å². The van der Waals surface area contributed by atoms with Gasteiger partial charge in [0.2, 0.25) is 0 Å². The third-order valence-electron chi connectivity index (χ3n) is 3.53. The quantitative estimate of drug-likeness (QED) is 0.879. The van der Waals surface area contributed by atoms with Crippen molar-refractivity contribution < 1.29 is 4.74 Å². The molecule has 1 fully saturated rings. The van der Waals surface area contributed by atoms with E-state index >= 15 is 0 Å². The van der Waals surface area contributed by atoms with E-state index in [0.29, 0.717) is 6.04 Å². The molecule has 0 saturated carbocycles. The maximum Gasteiger partial charge on any atom is 0.123 e. The van der Waals surface area contributed by atoms with Gasteiger partial charge in [0, 0.05) is 23.4 Å². The molecule has 100 valence electrons. The number of benzene rings is 1. The Labute approximate surface area is 114 Å². The second kappa shape index (κ2) is 6.48. The van der Waals surface area contributed by atoms with Gasteiger partial charge in [-0.2, -0.15) is 11.8 Å². The molecular formula is C15H23NOS. The van der Waals surface area contributed by atoms with Crippen LogP contribution in [0.15, 0.2) is 18.2 Å². The summed E-state index contributed by atoms with van der Waals surface area (Å²) in [6, 6.07) is 6.73. The van der Waals surface area contributed by atoms with Crippen LogP contribution in [-0.2, 0) is 0 Å². The van der Waals surface area contributed by atoms with Gasteiger partial charge in [-0.25, -0.2) is 0 Å². The zero-order valence-electron chi connectivity index (χ0n) is 11.5. The molecule has 2 nitrogen and oxygen atoms in total. The fraction of sp³-hybridized carbons (Fsp3) is 0.600. The molecule has 18 heavy (non-hydrogen) atoms. The lowest BCUT2D eigenvalue weighted by Gasteiger charge is -2.19. The van der Waals surface area contributed by atoms with Crippen LogP contribution in [0, 0.1) is 6.92 Å². The summed E-state index contributed by atoms with van der Waals surface area (Å²) in [5.74, 6) is 2.31. The predicted octanol–water partition coefficient (Wildman–Crippen LogP) is 3.55. The minimum absolute atomic E-state index is 0.348. The van der Waals surface area contributed by atoms with E-state index in [0.717, 1.165) is 17.5 Å². The Balaban J connectivity index is 1.98. The number of rotatable bonds is 5. The van der Waals surface area contributed by atoms with Crippen molar-refractivity contribution in [3.8, 4) is 5.75 Å². The smallest absolute Gasteiger partial charge is 0.123 e. The van der Waals surface area contributed by atoms with E-state index in [2.05, 4.69) is 49.1 Å². The lowest BCUT2D eigenvalue weighted by molar-refractivity contribution is 0.401. The highest BCUT2D eigenvalue weighted by atomic mass is 32.2. The number of nitrogens with one attached hydrogen (secondary N) is 1. The predicted molar refractivity (Wildman–Crippen MR) is 79.6 cm³/mol. The Bertz CT molecular complexity index is 388. The van der Waals surface area contributed by atoms with Gasteiger partial charge in [0.05, 0.1) is 7.11 Å². The Morgan fingerprint density at radius 3 is 3.00 bits per heavy atom. The zero-order chi connectivity index (χ0) is 13.0. The fourth-order valence-corrected chi connectivity index (χ4v) is 3.63. The van der Waals surface area contributed by atoms with Gasteiger partial charge < -0.3 is 10.1 Å². The largest absolute Gasteiger partial charge is 0.496 e. The van der Waals surface area contributed by atoms with Crippen molar-refractivity contribution in [2.45, 2.75) is 38.0 Å². The van der Waals surface area contributed by atoms with Crippen LogP contribution in [0.25, 0.3) is 0 Å². The molecule has 2 rings (SSSR count). The van der Waals surface area contributed by atoms with E-state index in [9.17, 15) is 0 Å². The highest BCUT2D eigenvalue weighted by molar-refractivity contribution is 8.00. The average molecular weight is 265 g/mol. The van der Waals surface area contributed by atoms with Crippen molar-refractivity contribution in [2.24, 2.45) is 0 Å². The SMILES string of the molecule is COc1ccc(C)cc1C(C)NCC1CCCS1. The van der Waals surface area contributed by atoms with Crippen LogP contribution in [0.3, 0.4) is 0 Å². The molecule has 2 atom stereocenters. The lowest BCUT2D eigenvalue weighted by Crippen LogP contribution is -2.26. The van der Waals surface area contributed by atoms with Crippen LogP contribution in [0.2, 0.25) is 0 Å². The monoisotopic (exact) mass is 265 g/mol. The first-order valence-corrected chi connectivity index (χ1v) is 7.75. The highest BCUT2D eigenvalue weighted by Gasteiger charge is 2.17. The molecule has 3 heteroatoms. The molecule has 0 aliphatic carbocycles. The van der Waals surface area contributed by atoms with Crippen LogP contribution in [-0.4, -0.2) is 24.7 Å². The van der Waals surface area contributed by atoms with Gasteiger partial charge >= 0.3 is 0 Å². The summed E-state index contributed by atoms with van der Waals surface area (Å²) in [6.07, 6.45) is 2.73. The highest BCUT2D eigenvalue weighted by Crippen LogP contribution is 2.28. The minimum Gasteiger partial charge on any atom is -0.496 e. The maximum absolute atomic E-state index is 5.45. The molecule has 0 aromatic heterocycles. The topological polar surface area (TPSA) is 21.3 Å². The van der Waals surface area contributed by atoms with E-state index in [1.807, 2.05) is 0 Å². The van der Waals surface area contributed by atoms with Crippen molar-refractivity contribution >= 4 is 11.8 Å². The number of thioether (sulfide) groups is 1. The van der Waals surface area contributed by atoms with Crippen LogP contribution in [0.4, 0.5) is 0 Å². The third kappa shape index (κ3) is 3.42. The van der Waals surface area contributed by atoms with Crippen LogP contribution in [0.1, 0.15) is 36.9 Å². The van der Waals surface area contributed by atoms with E-state index in [1.54, 1.807) is 7.11 Å². The molecule has 1 aliphatic rings. The van der Waals surface area contributed by atoms with Crippen molar-refractivity contribution in [3.63, 3.8) is 0 Å². The number of hydrogen-bond acceptors (Lipinski definition) is 3. The third-order valence-corrected chi connectivity index (χ3v) is 4.93. The first-order valence-electron chi connectivity index (χ1n) is 6.70. The number of hydrogen-bond donors (Lipinski definition) is 1. The summed E-state index contributed by atoms with van der Waals surface area (Å²) in [7, 11) is 1.74. The number of methoxy groups -OCH3 is 1. The van der Waals surface area contributed by atoms with Gasteiger partial charge in [-0.05, 0) is 38.5 Å². The van der Waals surface area contributed by atoms with Gasteiger partial charge in [0.1, 0.15) is 5.75 Å². The fourth-order valence-electron chi connectivity index (χ4n) is 2.42. The molecule has 0 bridgehead atoms. The number of aryl methyl sites for hydroxylation is 1. The summed E-state index contributed by atoms with van der Waals surface area (Å²) >= 11 is 2.10. The van der Waals surface area contributed by atoms with Gasteiger partial charge in [-0.3, -0.25) is 0 Å². The normalized spacial score (nSPS) is 20.9. The summed E-state index contributed by atoms with van der Waals surface area (Å²) in [4.78, 5) is 0. The van der Waals surface area contributed by atoms with Gasteiger partial charge in [0.25, 0.3) is 0 Å². The number of ether oxygens (including phenoxy) is 1. The van der Waals surface area contributed by atoms with E-state index < -0.39 is 0 Å². The second-order valence-electron chi connectivity index (χ2n) is 5.01. The summed E-state index contributed by atoms with van der Waals surface area (Å²) in [5.41, 5.74) is 2.55. The second-order valence-corrected chi connectivity index (χ2v) is 6.42. The van der Waals surface area contributed by atoms with Crippen LogP contribution < -0.4 is 10.1 Å². The van der Waals surface area contributed by atoms with E-state index in [1.165, 1.54) is 29.7 Å². The molecule has 2 unspecified atom stereocenters.